The van der Waals surface area contributed by atoms with Gasteiger partial charge in [0.1, 0.15) is 6.10 Å². The van der Waals surface area contributed by atoms with Crippen molar-refractivity contribution in [1.82, 2.24) is 0 Å². The second-order valence-corrected chi connectivity index (χ2v) is 13.8. The molecular weight excluding hydrogens is 384 g/mol. The van der Waals surface area contributed by atoms with E-state index in [-0.39, 0.29) is 17.2 Å². The Hall–Kier alpha value is -1.66. The molecule has 164 valence electrons. The van der Waals surface area contributed by atoms with Gasteiger partial charge in [0.2, 0.25) is 8.32 Å². The third kappa shape index (κ3) is 5.09. The maximum Gasteiger partial charge on any atom is 0.322 e. The SMILES string of the molecule is C=CC1=C(O[Si](C)(C)C(C)(C)C)CC[C@](C(=O)CC/C=C/C)(C(=O)OC)C1OC. The van der Waals surface area contributed by atoms with Crippen molar-refractivity contribution in [2.45, 2.75) is 77.6 Å². The van der Waals surface area contributed by atoms with E-state index in [0.717, 1.165) is 5.76 Å². The lowest BCUT2D eigenvalue weighted by Crippen LogP contribution is -2.53. The van der Waals surface area contributed by atoms with Crippen LogP contribution in [0.4, 0.5) is 0 Å². The van der Waals surface area contributed by atoms with Crippen molar-refractivity contribution in [2.24, 2.45) is 5.41 Å². The zero-order valence-electron chi connectivity index (χ0n) is 19.4. The molecule has 0 spiro atoms. The van der Waals surface area contributed by atoms with Crippen LogP contribution in [0, 0.1) is 5.41 Å². The molecule has 0 radical (unpaired) electrons. The zero-order chi connectivity index (χ0) is 22.5. The molecule has 0 saturated heterocycles. The molecule has 0 fully saturated rings. The number of Topliss-reactive ketones (excluding diaryl/α,β-unsaturated/α-hetero) is 1. The molecule has 0 heterocycles. The maximum atomic E-state index is 13.3. The second-order valence-electron chi connectivity index (χ2n) is 9.05. The Balaban J connectivity index is 3.47. The van der Waals surface area contributed by atoms with E-state index in [0.29, 0.717) is 24.8 Å². The van der Waals surface area contributed by atoms with E-state index < -0.39 is 25.8 Å². The molecule has 0 aliphatic heterocycles. The Kier molecular flexibility index (Phi) is 8.66. The number of hydrogen-bond acceptors (Lipinski definition) is 5. The van der Waals surface area contributed by atoms with Crippen LogP contribution in [0.2, 0.25) is 18.1 Å². The Morgan fingerprint density at radius 1 is 1.28 bits per heavy atom. The number of esters is 1. The molecule has 1 aliphatic carbocycles. The van der Waals surface area contributed by atoms with Crippen molar-refractivity contribution >= 4 is 20.1 Å². The van der Waals surface area contributed by atoms with E-state index in [4.69, 9.17) is 13.9 Å². The summed E-state index contributed by atoms with van der Waals surface area (Å²) in [4.78, 5) is 26.2. The molecule has 1 rings (SSSR count). The van der Waals surface area contributed by atoms with Crippen LogP contribution in [0.1, 0.15) is 53.4 Å². The number of hydrogen-bond donors (Lipinski definition) is 0. The largest absolute Gasteiger partial charge is 0.546 e. The number of ketones is 1. The Morgan fingerprint density at radius 3 is 2.34 bits per heavy atom. The fourth-order valence-corrected chi connectivity index (χ4v) is 4.65. The Morgan fingerprint density at radius 2 is 1.90 bits per heavy atom. The predicted molar refractivity (Wildman–Crippen MR) is 119 cm³/mol. The molecule has 1 aliphatic rings. The summed E-state index contributed by atoms with van der Waals surface area (Å²) in [5.41, 5.74) is -0.706. The summed E-state index contributed by atoms with van der Waals surface area (Å²) in [6.45, 7) is 16.7. The van der Waals surface area contributed by atoms with Crippen molar-refractivity contribution in [3.63, 3.8) is 0 Å². The van der Waals surface area contributed by atoms with E-state index in [2.05, 4.69) is 40.4 Å². The molecule has 0 bridgehead atoms. The molecule has 5 nitrogen and oxygen atoms in total. The molecule has 0 N–H and O–H groups in total. The van der Waals surface area contributed by atoms with Gasteiger partial charge in [-0.3, -0.25) is 9.59 Å². The number of carbonyl (C=O) groups is 2. The third-order valence-electron chi connectivity index (χ3n) is 6.26. The standard InChI is InChI=1S/C23H38O5Si/c1-10-12-13-14-19(24)23(21(25)27-7)16-15-18(17(11-2)20(23)26-6)28-29(8,9)22(3,4)5/h10-12,20H,2,13-16H2,1,3-9H3/b12-10+/t20?,23-/m1/s1. The quantitative estimate of drug-likeness (QED) is 0.217. The minimum Gasteiger partial charge on any atom is -0.546 e. The summed E-state index contributed by atoms with van der Waals surface area (Å²) in [7, 11) is 0.730. The predicted octanol–water partition coefficient (Wildman–Crippen LogP) is 5.34. The number of carbonyl (C=O) groups excluding carboxylic acids is 2. The van der Waals surface area contributed by atoms with Gasteiger partial charge in [-0.25, -0.2) is 0 Å². The lowest BCUT2D eigenvalue weighted by atomic mass is 9.67. The van der Waals surface area contributed by atoms with Gasteiger partial charge in [-0.15, -0.1) is 0 Å². The van der Waals surface area contributed by atoms with Crippen LogP contribution in [-0.2, 0) is 23.5 Å². The van der Waals surface area contributed by atoms with E-state index >= 15 is 0 Å². The summed E-state index contributed by atoms with van der Waals surface area (Å²) in [6, 6.07) is 0. The topological polar surface area (TPSA) is 61.8 Å². The van der Waals surface area contributed by atoms with E-state index in [1.165, 1.54) is 14.2 Å². The van der Waals surface area contributed by atoms with Gasteiger partial charge < -0.3 is 13.9 Å². The fourth-order valence-electron chi connectivity index (χ4n) is 3.51. The Bertz CT molecular complexity index is 684. The number of ether oxygens (including phenoxy) is 2. The number of allylic oxidation sites excluding steroid dienone is 3. The second kappa shape index (κ2) is 9.89. The van der Waals surface area contributed by atoms with Crippen LogP contribution >= 0.6 is 0 Å². The maximum absolute atomic E-state index is 13.3. The molecule has 0 aromatic rings. The van der Waals surface area contributed by atoms with Crippen LogP contribution in [-0.4, -0.2) is 40.4 Å². The fraction of sp³-hybridized carbons (Fsp3) is 0.652. The molecule has 0 amide bonds. The molecule has 0 aromatic carbocycles. The van der Waals surface area contributed by atoms with Crippen LogP contribution in [0.3, 0.4) is 0 Å². The molecule has 0 aromatic heterocycles. The molecule has 1 unspecified atom stereocenters. The first-order valence-electron chi connectivity index (χ1n) is 10.2. The minimum atomic E-state index is -2.10. The highest BCUT2D eigenvalue weighted by Gasteiger charge is 2.56. The number of rotatable bonds is 9. The van der Waals surface area contributed by atoms with Crippen molar-refractivity contribution in [1.29, 1.82) is 0 Å². The van der Waals surface area contributed by atoms with Crippen molar-refractivity contribution in [3.05, 3.63) is 36.1 Å². The smallest absolute Gasteiger partial charge is 0.322 e. The molecular formula is C23H38O5Si. The van der Waals surface area contributed by atoms with E-state index in [1.807, 2.05) is 19.1 Å². The third-order valence-corrected chi connectivity index (χ3v) is 10.6. The Labute approximate surface area is 177 Å². The summed E-state index contributed by atoms with van der Waals surface area (Å²) < 4.78 is 17.4. The van der Waals surface area contributed by atoms with Crippen LogP contribution in [0.5, 0.6) is 0 Å². The van der Waals surface area contributed by atoms with Crippen LogP contribution in [0.15, 0.2) is 36.1 Å². The monoisotopic (exact) mass is 422 g/mol. The molecule has 0 saturated carbocycles. The number of methoxy groups -OCH3 is 2. The van der Waals surface area contributed by atoms with E-state index in [9.17, 15) is 9.59 Å². The van der Waals surface area contributed by atoms with Gasteiger partial charge in [0.05, 0.1) is 12.9 Å². The van der Waals surface area contributed by atoms with Crippen LogP contribution < -0.4 is 0 Å². The van der Waals surface area contributed by atoms with Gasteiger partial charge in [-0.2, -0.15) is 0 Å². The van der Waals surface area contributed by atoms with Gasteiger partial charge >= 0.3 is 5.97 Å². The average Bonchev–Trinajstić information content (AvgIpc) is 2.65. The molecule has 6 heteroatoms. The van der Waals surface area contributed by atoms with E-state index in [1.54, 1.807) is 6.08 Å². The van der Waals surface area contributed by atoms with Crippen molar-refractivity contribution in [3.8, 4) is 0 Å². The first-order chi connectivity index (χ1) is 13.4. The van der Waals surface area contributed by atoms with Gasteiger partial charge in [0, 0.05) is 25.5 Å². The van der Waals surface area contributed by atoms with Gasteiger partial charge in [-0.05, 0) is 37.9 Å². The lowest BCUT2D eigenvalue weighted by molar-refractivity contribution is -0.167. The summed E-state index contributed by atoms with van der Waals surface area (Å²) in [6.07, 6.45) is 6.29. The minimum absolute atomic E-state index is 0.0219. The van der Waals surface area contributed by atoms with Crippen molar-refractivity contribution < 1.29 is 23.5 Å². The average molecular weight is 423 g/mol. The van der Waals surface area contributed by atoms with Gasteiger partial charge in [0.25, 0.3) is 0 Å². The normalized spacial score (nSPS) is 23.2. The van der Waals surface area contributed by atoms with Crippen LogP contribution in [0.25, 0.3) is 0 Å². The highest BCUT2D eigenvalue weighted by molar-refractivity contribution is 6.74. The summed E-state index contributed by atoms with van der Waals surface area (Å²) >= 11 is 0. The first-order valence-corrected chi connectivity index (χ1v) is 13.1. The first kappa shape index (κ1) is 25.4. The zero-order valence-corrected chi connectivity index (χ0v) is 20.4. The highest BCUT2D eigenvalue weighted by atomic mass is 28.4. The molecule has 29 heavy (non-hydrogen) atoms. The molecule has 2 atom stereocenters. The highest BCUT2D eigenvalue weighted by Crippen LogP contribution is 2.47. The van der Waals surface area contributed by atoms with Gasteiger partial charge in [-0.1, -0.05) is 45.6 Å². The van der Waals surface area contributed by atoms with Crippen molar-refractivity contribution in [2.75, 3.05) is 14.2 Å². The summed E-state index contributed by atoms with van der Waals surface area (Å²) in [5, 5.41) is 0.0219. The van der Waals surface area contributed by atoms with Gasteiger partial charge in [0.15, 0.2) is 11.2 Å². The lowest BCUT2D eigenvalue weighted by Gasteiger charge is -2.44. The summed E-state index contributed by atoms with van der Waals surface area (Å²) in [5.74, 6) is 0.0554.